The van der Waals surface area contributed by atoms with E-state index in [0.717, 1.165) is 16.9 Å². The standard InChI is InChI=1S/C15H25NO4.ClH/c1-12-7-13(2)9-15(8-12)20-11-14(19)10-16(3-5-17)4-6-18;/h7-9,14,17-19H,3-6,10-11H2,1-2H3;1H. The van der Waals surface area contributed by atoms with Crippen LogP contribution in [0.5, 0.6) is 5.75 Å². The number of ether oxygens (including phenoxy) is 1. The van der Waals surface area contributed by atoms with Crippen molar-refractivity contribution in [2.24, 2.45) is 0 Å². The summed E-state index contributed by atoms with van der Waals surface area (Å²) in [6, 6.07) is 5.92. The van der Waals surface area contributed by atoms with Gasteiger partial charge in [0.2, 0.25) is 0 Å². The van der Waals surface area contributed by atoms with Crippen LogP contribution in [0, 0.1) is 13.8 Å². The molecule has 1 aromatic carbocycles. The second-order valence-electron chi connectivity index (χ2n) is 5.04. The van der Waals surface area contributed by atoms with Gasteiger partial charge in [-0.1, -0.05) is 6.07 Å². The number of hydrogen-bond donors (Lipinski definition) is 3. The van der Waals surface area contributed by atoms with E-state index >= 15 is 0 Å². The fourth-order valence-corrected chi connectivity index (χ4v) is 2.14. The van der Waals surface area contributed by atoms with Gasteiger partial charge < -0.3 is 20.1 Å². The second-order valence-corrected chi connectivity index (χ2v) is 5.04. The molecule has 0 bridgehead atoms. The first kappa shape index (κ1) is 20.1. The van der Waals surface area contributed by atoms with E-state index in [2.05, 4.69) is 6.07 Å². The van der Waals surface area contributed by atoms with Gasteiger partial charge in [-0.15, -0.1) is 12.4 Å². The molecule has 0 saturated heterocycles. The Bertz CT molecular complexity index is 377. The van der Waals surface area contributed by atoms with Crippen LogP contribution in [-0.2, 0) is 0 Å². The first-order chi connectivity index (χ1) is 9.55. The minimum Gasteiger partial charge on any atom is -0.491 e. The van der Waals surface area contributed by atoms with E-state index in [0.29, 0.717) is 19.6 Å². The molecule has 0 aliphatic heterocycles. The van der Waals surface area contributed by atoms with Gasteiger partial charge in [0.1, 0.15) is 18.5 Å². The van der Waals surface area contributed by atoms with Gasteiger partial charge in [-0.2, -0.15) is 0 Å². The molecule has 21 heavy (non-hydrogen) atoms. The molecular formula is C15H26ClNO4. The summed E-state index contributed by atoms with van der Waals surface area (Å²) in [6.07, 6.45) is -0.658. The molecule has 1 unspecified atom stereocenters. The van der Waals surface area contributed by atoms with Crippen LogP contribution in [0.3, 0.4) is 0 Å². The van der Waals surface area contributed by atoms with E-state index in [4.69, 9.17) is 14.9 Å². The van der Waals surface area contributed by atoms with Crippen molar-refractivity contribution < 1.29 is 20.1 Å². The van der Waals surface area contributed by atoms with E-state index in [-0.39, 0.29) is 32.2 Å². The van der Waals surface area contributed by atoms with Crippen molar-refractivity contribution in [3.05, 3.63) is 29.3 Å². The van der Waals surface area contributed by atoms with Crippen LogP contribution in [-0.4, -0.2) is 65.8 Å². The zero-order chi connectivity index (χ0) is 15.0. The maximum absolute atomic E-state index is 9.94. The molecule has 0 aliphatic rings. The van der Waals surface area contributed by atoms with Gasteiger partial charge in [0.25, 0.3) is 0 Å². The lowest BCUT2D eigenvalue weighted by Gasteiger charge is -2.23. The number of hydrogen-bond acceptors (Lipinski definition) is 5. The van der Waals surface area contributed by atoms with E-state index < -0.39 is 6.10 Å². The first-order valence-corrected chi connectivity index (χ1v) is 6.88. The predicted molar refractivity (Wildman–Crippen MR) is 85.3 cm³/mol. The van der Waals surface area contributed by atoms with Gasteiger partial charge in [-0.3, -0.25) is 4.90 Å². The minimum absolute atomic E-state index is 0. The summed E-state index contributed by atoms with van der Waals surface area (Å²) in [6.45, 7) is 5.43. The monoisotopic (exact) mass is 319 g/mol. The average Bonchev–Trinajstić information content (AvgIpc) is 2.36. The Morgan fingerprint density at radius 2 is 1.57 bits per heavy atom. The van der Waals surface area contributed by atoms with Crippen LogP contribution >= 0.6 is 12.4 Å². The molecule has 1 aromatic rings. The Kier molecular flexibility index (Phi) is 10.4. The Labute approximate surface area is 132 Å². The molecule has 0 fully saturated rings. The number of aliphatic hydroxyl groups is 3. The highest BCUT2D eigenvalue weighted by Gasteiger charge is 2.12. The summed E-state index contributed by atoms with van der Waals surface area (Å²) in [5, 5.41) is 27.8. The van der Waals surface area contributed by atoms with Crippen molar-refractivity contribution in [2.75, 3.05) is 39.5 Å². The van der Waals surface area contributed by atoms with Crippen LogP contribution in [0.15, 0.2) is 18.2 Å². The maximum atomic E-state index is 9.94. The molecule has 5 nitrogen and oxygen atoms in total. The molecule has 0 saturated carbocycles. The van der Waals surface area contributed by atoms with Crippen LogP contribution in [0.2, 0.25) is 0 Å². The van der Waals surface area contributed by atoms with Crippen LogP contribution in [0.25, 0.3) is 0 Å². The van der Waals surface area contributed by atoms with E-state index in [9.17, 15) is 5.11 Å². The third-order valence-corrected chi connectivity index (χ3v) is 2.94. The van der Waals surface area contributed by atoms with Crippen molar-refractivity contribution in [1.29, 1.82) is 0 Å². The van der Waals surface area contributed by atoms with Crippen molar-refractivity contribution in [3.8, 4) is 5.75 Å². The molecule has 6 heteroatoms. The highest BCUT2D eigenvalue weighted by molar-refractivity contribution is 5.85. The summed E-state index contributed by atoms with van der Waals surface area (Å²) in [4.78, 5) is 1.80. The first-order valence-electron chi connectivity index (χ1n) is 6.88. The summed E-state index contributed by atoms with van der Waals surface area (Å²) >= 11 is 0. The fourth-order valence-electron chi connectivity index (χ4n) is 2.14. The zero-order valence-electron chi connectivity index (χ0n) is 12.7. The highest BCUT2D eigenvalue weighted by Crippen LogP contribution is 2.16. The van der Waals surface area contributed by atoms with E-state index in [1.54, 1.807) is 4.90 Å². The lowest BCUT2D eigenvalue weighted by molar-refractivity contribution is 0.0552. The smallest absolute Gasteiger partial charge is 0.119 e. The maximum Gasteiger partial charge on any atom is 0.119 e. The molecule has 0 aromatic heterocycles. The Hall–Kier alpha value is -0.850. The SMILES string of the molecule is Cc1cc(C)cc(OCC(O)CN(CCO)CCO)c1.Cl. The Balaban J connectivity index is 0.00000400. The van der Waals surface area contributed by atoms with Crippen molar-refractivity contribution >= 4 is 12.4 Å². The molecule has 0 aliphatic carbocycles. The largest absolute Gasteiger partial charge is 0.491 e. The molecular weight excluding hydrogens is 294 g/mol. The molecule has 0 spiro atoms. The van der Waals surface area contributed by atoms with Gasteiger partial charge in [0.15, 0.2) is 0 Å². The van der Waals surface area contributed by atoms with Gasteiger partial charge in [0.05, 0.1) is 13.2 Å². The third kappa shape index (κ3) is 8.24. The average molecular weight is 320 g/mol. The summed E-state index contributed by atoms with van der Waals surface area (Å²) < 4.78 is 5.58. The zero-order valence-corrected chi connectivity index (χ0v) is 13.5. The Morgan fingerprint density at radius 3 is 2.05 bits per heavy atom. The number of rotatable bonds is 9. The van der Waals surface area contributed by atoms with Crippen LogP contribution < -0.4 is 4.74 Å². The number of nitrogens with zero attached hydrogens (tertiary/aromatic N) is 1. The molecule has 122 valence electrons. The van der Waals surface area contributed by atoms with Crippen molar-refractivity contribution in [3.63, 3.8) is 0 Å². The predicted octanol–water partition coefficient (Wildman–Crippen LogP) is 0.752. The molecule has 0 radical (unpaired) electrons. The molecule has 3 N–H and O–H groups in total. The number of aryl methyl sites for hydroxylation is 2. The summed E-state index contributed by atoms with van der Waals surface area (Å²) in [5.41, 5.74) is 2.24. The number of benzene rings is 1. The quantitative estimate of drug-likeness (QED) is 0.626. The normalized spacial score (nSPS) is 12.1. The van der Waals surface area contributed by atoms with Gasteiger partial charge in [0, 0.05) is 19.6 Å². The van der Waals surface area contributed by atoms with Crippen molar-refractivity contribution in [1.82, 2.24) is 4.90 Å². The minimum atomic E-state index is -0.658. The third-order valence-electron chi connectivity index (χ3n) is 2.94. The topological polar surface area (TPSA) is 73.2 Å². The van der Waals surface area contributed by atoms with E-state index in [1.807, 2.05) is 26.0 Å². The summed E-state index contributed by atoms with van der Waals surface area (Å²) in [5.74, 6) is 0.748. The molecule has 1 rings (SSSR count). The van der Waals surface area contributed by atoms with Gasteiger partial charge in [-0.05, 0) is 37.1 Å². The number of halogens is 1. The van der Waals surface area contributed by atoms with Gasteiger partial charge >= 0.3 is 0 Å². The fraction of sp³-hybridized carbons (Fsp3) is 0.600. The molecule has 0 amide bonds. The second kappa shape index (κ2) is 10.8. The van der Waals surface area contributed by atoms with E-state index in [1.165, 1.54) is 0 Å². The van der Waals surface area contributed by atoms with Gasteiger partial charge in [-0.25, -0.2) is 0 Å². The Morgan fingerprint density at radius 1 is 1.05 bits per heavy atom. The summed E-state index contributed by atoms with van der Waals surface area (Å²) in [7, 11) is 0. The number of aliphatic hydroxyl groups excluding tert-OH is 3. The van der Waals surface area contributed by atoms with Crippen LogP contribution in [0.4, 0.5) is 0 Å². The van der Waals surface area contributed by atoms with Crippen molar-refractivity contribution in [2.45, 2.75) is 20.0 Å². The van der Waals surface area contributed by atoms with Crippen LogP contribution in [0.1, 0.15) is 11.1 Å². The molecule has 0 heterocycles. The molecule has 1 atom stereocenters. The lowest BCUT2D eigenvalue weighted by atomic mass is 10.1. The highest BCUT2D eigenvalue weighted by atomic mass is 35.5. The lowest BCUT2D eigenvalue weighted by Crippen LogP contribution is -2.38.